The second-order valence-corrected chi connectivity index (χ2v) is 6.01. The van der Waals surface area contributed by atoms with Crippen LogP contribution in [0.25, 0.3) is 10.9 Å². The van der Waals surface area contributed by atoms with E-state index in [1.165, 1.54) is 0 Å². The lowest BCUT2D eigenvalue weighted by Gasteiger charge is -2.07. The molecule has 128 valence electrons. The van der Waals surface area contributed by atoms with Crippen molar-refractivity contribution in [1.29, 1.82) is 0 Å². The molecule has 0 saturated carbocycles. The average Bonchev–Trinajstić information content (AvgIpc) is 2.55. The van der Waals surface area contributed by atoms with Crippen molar-refractivity contribution in [2.45, 2.75) is 20.3 Å². The molecule has 0 aliphatic heterocycles. The minimum atomic E-state index is 0.411. The van der Waals surface area contributed by atoms with Crippen LogP contribution in [0.3, 0.4) is 0 Å². The number of rotatable bonds is 7. The molecule has 5 nitrogen and oxygen atoms in total. The third-order valence-electron chi connectivity index (χ3n) is 3.28. The van der Waals surface area contributed by atoms with Gasteiger partial charge in [-0.3, -0.25) is 5.43 Å². The number of fused-ring (bicyclic) bond motifs is 1. The second kappa shape index (κ2) is 9.52. The van der Waals surface area contributed by atoms with Gasteiger partial charge in [0.2, 0.25) is 0 Å². The monoisotopic (exact) mass is 364 g/mol. The van der Waals surface area contributed by atoms with Crippen LogP contribution in [-0.4, -0.2) is 36.1 Å². The maximum Gasteiger partial charge on any atom is 0.186 e. The molecule has 0 aliphatic rings. The Bertz CT molecular complexity index is 736. The summed E-state index contributed by atoms with van der Waals surface area (Å²) < 4.78 is 5.26. The van der Waals surface area contributed by atoms with Crippen LogP contribution >= 0.6 is 23.8 Å². The van der Waals surface area contributed by atoms with Crippen molar-refractivity contribution in [3.8, 4) is 0 Å². The quantitative estimate of drug-likeness (QED) is 0.259. The summed E-state index contributed by atoms with van der Waals surface area (Å²) in [6, 6.07) is 8.01. The van der Waals surface area contributed by atoms with Crippen LogP contribution in [0.2, 0.25) is 5.15 Å². The van der Waals surface area contributed by atoms with Crippen LogP contribution in [0.5, 0.6) is 0 Å². The first-order chi connectivity index (χ1) is 11.6. The number of nitrogens with zero attached hydrogens (tertiary/aromatic N) is 2. The summed E-state index contributed by atoms with van der Waals surface area (Å²) in [6.07, 6.45) is 2.50. The zero-order valence-electron chi connectivity index (χ0n) is 13.8. The fourth-order valence-corrected chi connectivity index (χ4v) is 2.43. The van der Waals surface area contributed by atoms with Gasteiger partial charge in [-0.15, -0.1) is 0 Å². The molecule has 1 aromatic carbocycles. The summed E-state index contributed by atoms with van der Waals surface area (Å²) in [6.45, 7) is 6.18. The molecule has 0 atom stereocenters. The van der Waals surface area contributed by atoms with Crippen LogP contribution < -0.4 is 10.7 Å². The van der Waals surface area contributed by atoms with E-state index in [9.17, 15) is 0 Å². The molecule has 0 unspecified atom stereocenters. The molecule has 0 saturated heterocycles. The number of thiocarbonyl (C=S) groups is 1. The highest BCUT2D eigenvalue weighted by molar-refractivity contribution is 7.80. The lowest BCUT2D eigenvalue weighted by molar-refractivity contribution is 0.145. The molecular weight excluding hydrogens is 344 g/mol. The predicted molar refractivity (Wildman–Crippen MR) is 104 cm³/mol. The van der Waals surface area contributed by atoms with E-state index in [-0.39, 0.29) is 0 Å². The summed E-state index contributed by atoms with van der Waals surface area (Å²) in [7, 11) is 0. The smallest absolute Gasteiger partial charge is 0.186 e. The highest BCUT2D eigenvalue weighted by atomic mass is 35.5. The maximum atomic E-state index is 6.21. The molecule has 0 amide bonds. The third-order valence-corrected chi connectivity index (χ3v) is 3.82. The van der Waals surface area contributed by atoms with Crippen molar-refractivity contribution in [2.24, 2.45) is 5.10 Å². The number of aryl methyl sites for hydroxylation is 1. The van der Waals surface area contributed by atoms with E-state index >= 15 is 0 Å². The normalized spacial score (nSPS) is 11.1. The number of aromatic nitrogens is 1. The van der Waals surface area contributed by atoms with E-state index < -0.39 is 0 Å². The Morgan fingerprint density at radius 3 is 3.04 bits per heavy atom. The number of hydrogen-bond donors (Lipinski definition) is 2. The number of nitrogens with one attached hydrogen (secondary N) is 2. The van der Waals surface area contributed by atoms with Gasteiger partial charge >= 0.3 is 0 Å². The molecule has 2 aromatic rings. The van der Waals surface area contributed by atoms with E-state index in [1.807, 2.05) is 38.1 Å². The molecule has 24 heavy (non-hydrogen) atoms. The van der Waals surface area contributed by atoms with Crippen molar-refractivity contribution in [2.75, 3.05) is 19.8 Å². The molecule has 0 bridgehead atoms. The Morgan fingerprint density at radius 1 is 1.42 bits per heavy atom. The Labute approximate surface area is 152 Å². The first kappa shape index (κ1) is 18.6. The number of halogens is 1. The van der Waals surface area contributed by atoms with E-state index in [2.05, 4.69) is 20.8 Å². The van der Waals surface area contributed by atoms with Crippen LogP contribution in [0, 0.1) is 6.92 Å². The van der Waals surface area contributed by atoms with Gasteiger partial charge in [-0.25, -0.2) is 4.98 Å². The summed E-state index contributed by atoms with van der Waals surface area (Å²) >= 11 is 11.4. The Hall–Kier alpha value is -1.76. The molecule has 1 heterocycles. The zero-order valence-corrected chi connectivity index (χ0v) is 15.4. The Morgan fingerprint density at radius 2 is 2.25 bits per heavy atom. The first-order valence-corrected chi connectivity index (χ1v) is 8.60. The van der Waals surface area contributed by atoms with Gasteiger partial charge in [0, 0.05) is 30.7 Å². The third kappa shape index (κ3) is 5.70. The largest absolute Gasteiger partial charge is 0.382 e. The zero-order chi connectivity index (χ0) is 17.4. The van der Waals surface area contributed by atoms with Gasteiger partial charge in [0.15, 0.2) is 5.11 Å². The molecule has 1 aromatic heterocycles. The van der Waals surface area contributed by atoms with Gasteiger partial charge in [0.25, 0.3) is 0 Å². The summed E-state index contributed by atoms with van der Waals surface area (Å²) in [4.78, 5) is 4.40. The van der Waals surface area contributed by atoms with Crippen LogP contribution in [0.1, 0.15) is 24.5 Å². The molecule has 0 aliphatic carbocycles. The fourth-order valence-electron chi connectivity index (χ4n) is 2.08. The summed E-state index contributed by atoms with van der Waals surface area (Å²) in [5.74, 6) is 0. The topological polar surface area (TPSA) is 58.5 Å². The van der Waals surface area contributed by atoms with Crippen molar-refractivity contribution in [3.05, 3.63) is 40.5 Å². The molecule has 0 fully saturated rings. The van der Waals surface area contributed by atoms with Crippen molar-refractivity contribution in [1.82, 2.24) is 15.7 Å². The number of hydrazone groups is 1. The molecule has 0 radical (unpaired) electrons. The average molecular weight is 365 g/mol. The number of pyridine rings is 1. The van der Waals surface area contributed by atoms with Crippen LogP contribution in [-0.2, 0) is 4.74 Å². The fraction of sp³-hybridized carbons (Fsp3) is 0.353. The van der Waals surface area contributed by atoms with E-state index in [4.69, 9.17) is 28.6 Å². The molecule has 0 spiro atoms. The number of hydrogen-bond acceptors (Lipinski definition) is 4. The Kier molecular flexibility index (Phi) is 7.36. The summed E-state index contributed by atoms with van der Waals surface area (Å²) in [5, 5.41) is 9.05. The molecule has 2 N–H and O–H groups in total. The van der Waals surface area contributed by atoms with E-state index in [0.717, 1.165) is 41.6 Å². The van der Waals surface area contributed by atoms with Gasteiger partial charge in [0.05, 0.1) is 11.7 Å². The SMILES string of the molecule is CCOCCCNC(=S)N/N=C\c1cc2ccc(C)cc2nc1Cl. The molecule has 7 heteroatoms. The van der Waals surface area contributed by atoms with E-state index in [0.29, 0.717) is 16.9 Å². The van der Waals surface area contributed by atoms with Gasteiger partial charge in [-0.1, -0.05) is 23.7 Å². The van der Waals surface area contributed by atoms with Crippen molar-refractivity contribution in [3.63, 3.8) is 0 Å². The van der Waals surface area contributed by atoms with Gasteiger partial charge in [0.1, 0.15) is 5.15 Å². The van der Waals surface area contributed by atoms with Crippen LogP contribution in [0.4, 0.5) is 0 Å². The molecule has 2 rings (SSSR count). The lowest BCUT2D eigenvalue weighted by Crippen LogP contribution is -2.33. The highest BCUT2D eigenvalue weighted by Gasteiger charge is 2.03. The number of ether oxygens (including phenoxy) is 1. The van der Waals surface area contributed by atoms with Gasteiger partial charge < -0.3 is 10.1 Å². The lowest BCUT2D eigenvalue weighted by atomic mass is 10.1. The predicted octanol–water partition coefficient (Wildman–Crippen LogP) is 3.42. The standard InChI is InChI=1S/C17H21ClN4OS/c1-3-23-8-4-7-19-17(24)22-20-11-14-10-13-6-5-12(2)9-15(13)21-16(14)18/h5-6,9-11H,3-4,7-8H2,1-2H3,(H2,19,22,24)/b20-11-. The van der Waals surface area contributed by atoms with Gasteiger partial charge in [-0.2, -0.15) is 5.10 Å². The molecular formula is C17H21ClN4OS. The summed E-state index contributed by atoms with van der Waals surface area (Å²) in [5.41, 5.74) is 5.52. The van der Waals surface area contributed by atoms with E-state index in [1.54, 1.807) is 6.21 Å². The van der Waals surface area contributed by atoms with Gasteiger partial charge in [-0.05, 0) is 50.2 Å². The Balaban J connectivity index is 1.89. The number of benzene rings is 1. The van der Waals surface area contributed by atoms with Crippen LogP contribution in [0.15, 0.2) is 29.4 Å². The highest BCUT2D eigenvalue weighted by Crippen LogP contribution is 2.20. The first-order valence-electron chi connectivity index (χ1n) is 7.81. The van der Waals surface area contributed by atoms with Crippen molar-refractivity contribution >= 4 is 46.0 Å². The minimum absolute atomic E-state index is 0.411. The maximum absolute atomic E-state index is 6.21. The van der Waals surface area contributed by atoms with Crippen molar-refractivity contribution < 1.29 is 4.74 Å². The second-order valence-electron chi connectivity index (χ2n) is 5.24. The minimum Gasteiger partial charge on any atom is -0.382 e.